The third-order valence-corrected chi connectivity index (χ3v) is 3.63. The van der Waals surface area contributed by atoms with Gasteiger partial charge in [0.25, 0.3) is 0 Å². The highest BCUT2D eigenvalue weighted by Crippen LogP contribution is 2.17. The molecule has 0 fully saturated rings. The van der Waals surface area contributed by atoms with Crippen molar-refractivity contribution in [1.82, 2.24) is 20.1 Å². The van der Waals surface area contributed by atoms with Crippen molar-refractivity contribution in [3.8, 4) is 0 Å². The lowest BCUT2D eigenvalue weighted by Gasteiger charge is -2.27. The lowest BCUT2D eigenvalue weighted by Crippen LogP contribution is -2.44. The van der Waals surface area contributed by atoms with E-state index < -0.39 is 6.04 Å². The number of hydrogen-bond acceptors (Lipinski definition) is 4. The van der Waals surface area contributed by atoms with Gasteiger partial charge in [0.2, 0.25) is 5.91 Å². The predicted octanol–water partition coefficient (Wildman–Crippen LogP) is 0.409. The quantitative estimate of drug-likeness (QED) is 0.843. The summed E-state index contributed by atoms with van der Waals surface area (Å²) in [5.74, 6) is 0.638. The largest absolute Gasteiger partial charge is 0.368 e. The van der Waals surface area contributed by atoms with Crippen molar-refractivity contribution in [2.24, 2.45) is 5.73 Å². The number of benzene rings is 1. The molecule has 1 aliphatic heterocycles. The summed E-state index contributed by atoms with van der Waals surface area (Å²) >= 11 is 0. The number of nitrogens with one attached hydrogen (secondary N) is 1. The van der Waals surface area contributed by atoms with Crippen LogP contribution >= 0.6 is 0 Å². The Bertz CT molecular complexity index is 595. The van der Waals surface area contributed by atoms with Crippen LogP contribution in [0.25, 0.3) is 0 Å². The summed E-state index contributed by atoms with van der Waals surface area (Å²) in [5.41, 5.74) is 6.42. The fourth-order valence-corrected chi connectivity index (χ4v) is 2.60. The Labute approximate surface area is 117 Å². The molecule has 6 heteroatoms. The van der Waals surface area contributed by atoms with Crippen molar-refractivity contribution >= 4 is 5.91 Å². The van der Waals surface area contributed by atoms with Gasteiger partial charge in [-0.15, -0.1) is 0 Å². The van der Waals surface area contributed by atoms with E-state index in [1.807, 2.05) is 35.0 Å². The monoisotopic (exact) mass is 271 g/mol. The van der Waals surface area contributed by atoms with Gasteiger partial charge < -0.3 is 5.73 Å². The maximum Gasteiger partial charge on any atom is 0.239 e. The van der Waals surface area contributed by atoms with Gasteiger partial charge in [0.05, 0.1) is 6.54 Å². The molecule has 0 saturated carbocycles. The Morgan fingerprint density at radius 3 is 2.95 bits per heavy atom. The van der Waals surface area contributed by atoms with Gasteiger partial charge in [-0.3, -0.25) is 10.1 Å². The van der Waals surface area contributed by atoms with Crippen LogP contribution in [0.15, 0.2) is 36.7 Å². The summed E-state index contributed by atoms with van der Waals surface area (Å²) in [5, 5.41) is 7.52. The van der Waals surface area contributed by atoms with Crippen molar-refractivity contribution in [1.29, 1.82) is 0 Å². The van der Waals surface area contributed by atoms with Crippen molar-refractivity contribution in [3.63, 3.8) is 0 Å². The molecule has 0 spiro atoms. The van der Waals surface area contributed by atoms with E-state index >= 15 is 0 Å². The number of aryl methyl sites for hydroxylation is 1. The molecule has 2 atom stereocenters. The van der Waals surface area contributed by atoms with Crippen LogP contribution in [0.1, 0.15) is 23.9 Å². The SMILES string of the molecule is NC(=O)C(NC1CCc2ncnn2C1)c1ccccc1. The van der Waals surface area contributed by atoms with Gasteiger partial charge in [0, 0.05) is 12.5 Å². The molecule has 3 rings (SSSR count). The third-order valence-electron chi connectivity index (χ3n) is 3.63. The van der Waals surface area contributed by atoms with Gasteiger partial charge in [-0.25, -0.2) is 9.67 Å². The molecule has 0 bridgehead atoms. The minimum atomic E-state index is -0.466. The van der Waals surface area contributed by atoms with Crippen LogP contribution in [-0.2, 0) is 17.8 Å². The molecule has 1 aliphatic rings. The van der Waals surface area contributed by atoms with Crippen LogP contribution < -0.4 is 11.1 Å². The lowest BCUT2D eigenvalue weighted by molar-refractivity contribution is -0.120. The zero-order valence-electron chi connectivity index (χ0n) is 11.1. The van der Waals surface area contributed by atoms with Crippen molar-refractivity contribution in [3.05, 3.63) is 48.0 Å². The Hall–Kier alpha value is -2.21. The molecule has 1 aromatic heterocycles. The van der Waals surface area contributed by atoms with Crippen LogP contribution in [0.2, 0.25) is 0 Å². The van der Waals surface area contributed by atoms with Crippen LogP contribution in [0.5, 0.6) is 0 Å². The van der Waals surface area contributed by atoms with E-state index in [1.54, 1.807) is 6.33 Å². The zero-order valence-corrected chi connectivity index (χ0v) is 11.1. The van der Waals surface area contributed by atoms with E-state index in [0.717, 1.165) is 24.2 Å². The highest BCUT2D eigenvalue weighted by atomic mass is 16.1. The number of aromatic nitrogens is 3. The molecule has 20 heavy (non-hydrogen) atoms. The molecule has 2 unspecified atom stereocenters. The molecule has 0 saturated heterocycles. The standard InChI is InChI=1S/C14H17N5O/c15-14(20)13(10-4-2-1-3-5-10)18-11-6-7-12-16-9-17-19(12)8-11/h1-5,9,11,13,18H,6-8H2,(H2,15,20). The van der Waals surface area contributed by atoms with E-state index in [2.05, 4.69) is 15.4 Å². The number of fused-ring (bicyclic) bond motifs is 1. The molecule has 1 aromatic carbocycles. The number of carbonyl (C=O) groups is 1. The van der Waals surface area contributed by atoms with Crippen molar-refractivity contribution in [2.75, 3.05) is 0 Å². The minimum absolute atomic E-state index is 0.168. The normalized spacial score (nSPS) is 19.3. The van der Waals surface area contributed by atoms with Crippen LogP contribution in [0, 0.1) is 0 Å². The Morgan fingerprint density at radius 2 is 2.20 bits per heavy atom. The summed E-state index contributed by atoms with van der Waals surface area (Å²) < 4.78 is 1.88. The lowest BCUT2D eigenvalue weighted by atomic mass is 10.0. The third kappa shape index (κ3) is 2.55. The van der Waals surface area contributed by atoms with Gasteiger partial charge >= 0.3 is 0 Å². The van der Waals surface area contributed by atoms with Gasteiger partial charge in [-0.1, -0.05) is 30.3 Å². The summed E-state index contributed by atoms with van der Waals surface area (Å²) in [6, 6.07) is 9.25. The molecule has 104 valence electrons. The Balaban J connectivity index is 1.74. The van der Waals surface area contributed by atoms with E-state index in [0.29, 0.717) is 6.54 Å². The topological polar surface area (TPSA) is 85.8 Å². The molecular formula is C14H17N5O. The molecule has 3 N–H and O–H groups in total. The number of nitrogens with zero attached hydrogens (tertiary/aromatic N) is 3. The maximum atomic E-state index is 11.7. The second kappa shape index (κ2) is 5.42. The van der Waals surface area contributed by atoms with Crippen LogP contribution in [0.4, 0.5) is 0 Å². The average molecular weight is 271 g/mol. The van der Waals surface area contributed by atoms with E-state index in [1.165, 1.54) is 0 Å². The number of amides is 1. The van der Waals surface area contributed by atoms with Gasteiger partial charge in [-0.2, -0.15) is 5.10 Å². The molecule has 6 nitrogen and oxygen atoms in total. The second-order valence-corrected chi connectivity index (χ2v) is 5.01. The molecule has 0 aliphatic carbocycles. The van der Waals surface area contributed by atoms with E-state index in [4.69, 9.17) is 5.73 Å². The number of nitrogens with two attached hydrogens (primary N) is 1. The fraction of sp³-hybridized carbons (Fsp3) is 0.357. The minimum Gasteiger partial charge on any atom is -0.368 e. The zero-order chi connectivity index (χ0) is 13.9. The Kier molecular flexibility index (Phi) is 3.47. The van der Waals surface area contributed by atoms with Crippen LogP contribution in [-0.4, -0.2) is 26.7 Å². The number of carbonyl (C=O) groups excluding carboxylic acids is 1. The molecule has 2 heterocycles. The van der Waals surface area contributed by atoms with E-state index in [9.17, 15) is 4.79 Å². The highest BCUT2D eigenvalue weighted by Gasteiger charge is 2.25. The van der Waals surface area contributed by atoms with E-state index in [-0.39, 0.29) is 11.9 Å². The molecule has 2 aromatic rings. The second-order valence-electron chi connectivity index (χ2n) is 5.01. The summed E-state index contributed by atoms with van der Waals surface area (Å²) in [6.07, 6.45) is 3.35. The smallest absolute Gasteiger partial charge is 0.239 e. The number of primary amides is 1. The number of rotatable bonds is 4. The van der Waals surface area contributed by atoms with Crippen molar-refractivity contribution in [2.45, 2.75) is 31.5 Å². The first kappa shape index (κ1) is 12.8. The van der Waals surface area contributed by atoms with Gasteiger partial charge in [0.1, 0.15) is 18.2 Å². The predicted molar refractivity (Wildman–Crippen MR) is 73.6 cm³/mol. The summed E-state index contributed by atoms with van der Waals surface area (Å²) in [4.78, 5) is 15.9. The highest BCUT2D eigenvalue weighted by molar-refractivity contribution is 5.81. The maximum absolute atomic E-state index is 11.7. The number of hydrogen-bond donors (Lipinski definition) is 2. The average Bonchev–Trinajstić information content (AvgIpc) is 2.93. The Morgan fingerprint density at radius 1 is 1.40 bits per heavy atom. The molecule has 0 radical (unpaired) electrons. The molecule has 1 amide bonds. The molecular weight excluding hydrogens is 254 g/mol. The first-order chi connectivity index (χ1) is 9.74. The van der Waals surface area contributed by atoms with Gasteiger partial charge in [-0.05, 0) is 12.0 Å². The summed E-state index contributed by atoms with van der Waals surface area (Å²) in [7, 11) is 0. The van der Waals surface area contributed by atoms with Crippen LogP contribution in [0.3, 0.4) is 0 Å². The fourth-order valence-electron chi connectivity index (χ4n) is 2.60. The summed E-state index contributed by atoms with van der Waals surface area (Å²) in [6.45, 7) is 0.714. The van der Waals surface area contributed by atoms with Crippen molar-refractivity contribution < 1.29 is 4.79 Å². The van der Waals surface area contributed by atoms with Gasteiger partial charge in [0.15, 0.2) is 0 Å². The first-order valence-corrected chi connectivity index (χ1v) is 6.71. The first-order valence-electron chi connectivity index (χ1n) is 6.71.